The number of halogens is 3. The maximum absolute atomic E-state index is 12.2. The smallest absolute Gasteiger partial charge is 0.261 e. The van der Waals surface area contributed by atoms with Crippen LogP contribution in [0.2, 0.25) is 15.1 Å². The number of fused-ring (bicyclic) bond motifs is 1. The van der Waals surface area contributed by atoms with Crippen LogP contribution in [0, 0.1) is 0 Å². The number of nitrogens with one attached hydrogen (secondary N) is 1. The van der Waals surface area contributed by atoms with Gasteiger partial charge in [0.05, 0.1) is 15.1 Å². The van der Waals surface area contributed by atoms with Gasteiger partial charge in [-0.15, -0.1) is 0 Å². The molecule has 0 aromatic heterocycles. The second-order valence-corrected chi connectivity index (χ2v) is 6.58. The van der Waals surface area contributed by atoms with E-state index in [1.54, 1.807) is 13.0 Å². The first-order chi connectivity index (χ1) is 11.9. The molecule has 0 bridgehead atoms. The Hall–Kier alpha value is -1.82. The number of ether oxygens (including phenoxy) is 3. The fourth-order valence-electron chi connectivity index (χ4n) is 2.22. The van der Waals surface area contributed by atoms with E-state index in [9.17, 15) is 4.79 Å². The lowest BCUT2D eigenvalue weighted by Crippen LogP contribution is -2.35. The van der Waals surface area contributed by atoms with Gasteiger partial charge in [0, 0.05) is 12.6 Å². The Morgan fingerprint density at radius 1 is 1.12 bits per heavy atom. The molecular weight excluding hydrogens is 389 g/mol. The van der Waals surface area contributed by atoms with Crippen LogP contribution in [0.15, 0.2) is 30.3 Å². The molecule has 1 amide bonds. The van der Waals surface area contributed by atoms with Gasteiger partial charge in [-0.25, -0.2) is 0 Å². The molecule has 25 heavy (non-hydrogen) atoms. The van der Waals surface area contributed by atoms with Crippen molar-refractivity contribution in [1.29, 1.82) is 0 Å². The van der Waals surface area contributed by atoms with Gasteiger partial charge in [-0.05, 0) is 30.7 Å². The quantitative estimate of drug-likeness (QED) is 0.750. The van der Waals surface area contributed by atoms with E-state index in [2.05, 4.69) is 5.32 Å². The molecule has 0 saturated heterocycles. The SMILES string of the molecule is C[C@H](Oc1cc(Cl)c(Cl)cc1Cl)C(=O)NCc1ccc2c(c1)OCO2. The zero-order valence-corrected chi connectivity index (χ0v) is 15.4. The molecule has 1 N–H and O–H groups in total. The summed E-state index contributed by atoms with van der Waals surface area (Å²) in [6.07, 6.45) is -0.760. The standard InChI is InChI=1S/C17H14Cl3NO4/c1-9(25-15-6-12(19)11(18)5-13(15)20)17(22)21-7-10-2-3-14-16(4-10)24-8-23-14/h2-6,9H,7-8H2,1H3,(H,21,22)/t9-/m0/s1. The number of carbonyl (C=O) groups is 1. The van der Waals surface area contributed by atoms with E-state index in [0.717, 1.165) is 5.56 Å². The number of rotatable bonds is 5. The van der Waals surface area contributed by atoms with Crippen molar-refractivity contribution >= 4 is 40.7 Å². The first-order valence-corrected chi connectivity index (χ1v) is 8.55. The molecule has 2 aromatic rings. The van der Waals surface area contributed by atoms with Crippen LogP contribution in [-0.2, 0) is 11.3 Å². The third-order valence-corrected chi connectivity index (χ3v) is 4.57. The molecule has 0 unspecified atom stereocenters. The van der Waals surface area contributed by atoms with Crippen LogP contribution in [0.5, 0.6) is 17.2 Å². The highest BCUT2D eigenvalue weighted by Gasteiger charge is 2.18. The average molecular weight is 403 g/mol. The van der Waals surface area contributed by atoms with Crippen LogP contribution in [0.4, 0.5) is 0 Å². The third-order valence-electron chi connectivity index (χ3n) is 3.55. The highest BCUT2D eigenvalue weighted by molar-refractivity contribution is 6.43. The first-order valence-electron chi connectivity index (χ1n) is 7.41. The van der Waals surface area contributed by atoms with Crippen molar-refractivity contribution in [2.45, 2.75) is 19.6 Å². The lowest BCUT2D eigenvalue weighted by atomic mass is 10.2. The average Bonchev–Trinajstić information content (AvgIpc) is 3.05. The normalized spacial score (nSPS) is 13.4. The molecule has 0 spiro atoms. The van der Waals surface area contributed by atoms with Gasteiger partial charge >= 0.3 is 0 Å². The number of carbonyl (C=O) groups excluding carboxylic acids is 1. The fourth-order valence-corrected chi connectivity index (χ4v) is 2.80. The largest absolute Gasteiger partial charge is 0.479 e. The van der Waals surface area contributed by atoms with E-state index < -0.39 is 6.10 Å². The van der Waals surface area contributed by atoms with E-state index in [-0.39, 0.29) is 17.7 Å². The predicted octanol–water partition coefficient (Wildman–Crippen LogP) is 4.46. The molecule has 0 fully saturated rings. The molecule has 1 atom stereocenters. The zero-order valence-electron chi connectivity index (χ0n) is 13.1. The van der Waals surface area contributed by atoms with Crippen molar-refractivity contribution in [2.75, 3.05) is 6.79 Å². The maximum Gasteiger partial charge on any atom is 0.261 e. The lowest BCUT2D eigenvalue weighted by Gasteiger charge is -2.16. The number of hydrogen-bond acceptors (Lipinski definition) is 4. The van der Waals surface area contributed by atoms with Crippen LogP contribution in [0.3, 0.4) is 0 Å². The Morgan fingerprint density at radius 3 is 2.64 bits per heavy atom. The molecular formula is C17H14Cl3NO4. The van der Waals surface area contributed by atoms with Crippen LogP contribution in [-0.4, -0.2) is 18.8 Å². The minimum Gasteiger partial charge on any atom is -0.479 e. The summed E-state index contributed by atoms with van der Waals surface area (Å²) in [5.41, 5.74) is 0.886. The molecule has 0 saturated carbocycles. The minimum atomic E-state index is -0.760. The van der Waals surface area contributed by atoms with Crippen molar-refractivity contribution in [3.63, 3.8) is 0 Å². The summed E-state index contributed by atoms with van der Waals surface area (Å²) in [7, 11) is 0. The summed E-state index contributed by atoms with van der Waals surface area (Å²) in [5.74, 6) is 1.36. The van der Waals surface area contributed by atoms with Gasteiger partial charge < -0.3 is 19.5 Å². The van der Waals surface area contributed by atoms with E-state index in [0.29, 0.717) is 33.8 Å². The Kier molecular flexibility index (Phi) is 5.47. The Labute approximate surface area is 159 Å². The highest BCUT2D eigenvalue weighted by Crippen LogP contribution is 2.34. The van der Waals surface area contributed by atoms with Gasteiger partial charge in [0.25, 0.3) is 5.91 Å². The van der Waals surface area contributed by atoms with Gasteiger partial charge in [0.2, 0.25) is 6.79 Å². The number of hydrogen-bond donors (Lipinski definition) is 1. The lowest BCUT2D eigenvalue weighted by molar-refractivity contribution is -0.127. The Morgan fingerprint density at radius 2 is 1.84 bits per heavy atom. The molecule has 1 aliphatic rings. The van der Waals surface area contributed by atoms with E-state index in [4.69, 9.17) is 49.0 Å². The molecule has 1 heterocycles. The molecule has 1 aliphatic heterocycles. The van der Waals surface area contributed by atoms with Crippen molar-refractivity contribution in [1.82, 2.24) is 5.32 Å². The fraction of sp³-hybridized carbons (Fsp3) is 0.235. The van der Waals surface area contributed by atoms with Crippen LogP contribution in [0.1, 0.15) is 12.5 Å². The Bertz CT molecular complexity index is 813. The molecule has 2 aromatic carbocycles. The van der Waals surface area contributed by atoms with Crippen molar-refractivity contribution in [2.24, 2.45) is 0 Å². The molecule has 5 nitrogen and oxygen atoms in total. The number of benzene rings is 2. The monoisotopic (exact) mass is 401 g/mol. The second-order valence-electron chi connectivity index (χ2n) is 5.36. The summed E-state index contributed by atoms with van der Waals surface area (Å²) in [6, 6.07) is 8.43. The maximum atomic E-state index is 12.2. The van der Waals surface area contributed by atoms with Crippen LogP contribution < -0.4 is 19.5 Å². The summed E-state index contributed by atoms with van der Waals surface area (Å²) >= 11 is 17.9. The van der Waals surface area contributed by atoms with Crippen LogP contribution in [0.25, 0.3) is 0 Å². The van der Waals surface area contributed by atoms with Gasteiger partial charge in [-0.1, -0.05) is 40.9 Å². The molecule has 132 valence electrons. The van der Waals surface area contributed by atoms with Gasteiger partial charge in [0.1, 0.15) is 5.75 Å². The summed E-state index contributed by atoms with van der Waals surface area (Å²) in [4.78, 5) is 12.2. The second kappa shape index (κ2) is 7.60. The molecule has 0 aliphatic carbocycles. The topological polar surface area (TPSA) is 56.8 Å². The Balaban J connectivity index is 1.58. The van der Waals surface area contributed by atoms with Gasteiger partial charge in [-0.3, -0.25) is 4.79 Å². The summed E-state index contributed by atoms with van der Waals surface area (Å²) < 4.78 is 16.1. The molecule has 0 radical (unpaired) electrons. The molecule has 8 heteroatoms. The number of amides is 1. The van der Waals surface area contributed by atoms with Crippen LogP contribution >= 0.6 is 34.8 Å². The summed E-state index contributed by atoms with van der Waals surface area (Å²) in [5, 5.41) is 3.69. The first kappa shape index (κ1) is 18.0. The van der Waals surface area contributed by atoms with Gasteiger partial charge in [-0.2, -0.15) is 0 Å². The van der Waals surface area contributed by atoms with Crippen molar-refractivity contribution in [3.8, 4) is 17.2 Å². The van der Waals surface area contributed by atoms with E-state index >= 15 is 0 Å². The highest BCUT2D eigenvalue weighted by atomic mass is 35.5. The van der Waals surface area contributed by atoms with Gasteiger partial charge in [0.15, 0.2) is 17.6 Å². The van der Waals surface area contributed by atoms with E-state index in [1.807, 2.05) is 12.1 Å². The third kappa shape index (κ3) is 4.24. The summed E-state index contributed by atoms with van der Waals surface area (Å²) in [6.45, 7) is 2.16. The van der Waals surface area contributed by atoms with Crippen molar-refractivity contribution < 1.29 is 19.0 Å². The minimum absolute atomic E-state index is 0.209. The molecule has 3 rings (SSSR count). The zero-order chi connectivity index (χ0) is 18.0. The van der Waals surface area contributed by atoms with Crippen molar-refractivity contribution in [3.05, 3.63) is 51.0 Å². The predicted molar refractivity (Wildman–Crippen MR) is 96.0 cm³/mol. The van der Waals surface area contributed by atoms with E-state index in [1.165, 1.54) is 12.1 Å².